The van der Waals surface area contributed by atoms with E-state index >= 15 is 0 Å². The first-order valence-electron chi connectivity index (χ1n) is 29.0. The van der Waals surface area contributed by atoms with E-state index in [1.807, 2.05) is 78.7 Å². The molecule has 1 unspecified atom stereocenters. The number of hydrogen-bond acceptors (Lipinski definition) is 16. The van der Waals surface area contributed by atoms with E-state index in [2.05, 4.69) is 68.1 Å². The van der Waals surface area contributed by atoms with Crippen molar-refractivity contribution in [2.45, 2.75) is 77.3 Å². The molecule has 1 aliphatic heterocycles. The van der Waals surface area contributed by atoms with Crippen LogP contribution in [-0.4, -0.2) is 186 Å². The number of hydrogen-bond donors (Lipinski definition) is 4. The Bertz CT molecular complexity index is 2690. The minimum atomic E-state index is -0.721. The van der Waals surface area contributed by atoms with Crippen LogP contribution in [0.5, 0.6) is 11.5 Å². The fourth-order valence-electron chi connectivity index (χ4n) is 8.58. The van der Waals surface area contributed by atoms with E-state index in [1.165, 1.54) is 11.3 Å². The lowest BCUT2D eigenvalue weighted by atomic mass is 10.0. The summed E-state index contributed by atoms with van der Waals surface area (Å²) in [7, 11) is 4.16. The van der Waals surface area contributed by atoms with Crippen molar-refractivity contribution in [1.29, 1.82) is 0 Å². The molecule has 1 saturated carbocycles. The number of carbonyl (C=O) groups excluding carboxylic acids is 4. The molecule has 1 atom stereocenters. The van der Waals surface area contributed by atoms with E-state index in [0.717, 1.165) is 111 Å². The summed E-state index contributed by atoms with van der Waals surface area (Å²) < 4.78 is 28.9. The highest BCUT2D eigenvalue weighted by Gasteiger charge is 2.41. The number of benzene rings is 3. The van der Waals surface area contributed by atoms with Gasteiger partial charge in [0, 0.05) is 75.4 Å². The van der Waals surface area contributed by atoms with Crippen molar-refractivity contribution in [3.8, 4) is 11.5 Å². The van der Waals surface area contributed by atoms with Crippen LogP contribution < -0.4 is 31.3 Å². The van der Waals surface area contributed by atoms with Gasteiger partial charge in [-0.2, -0.15) is 5.10 Å². The predicted octanol–water partition coefficient (Wildman–Crippen LogP) is 8.12. The standard InChI is InChI=1S/C57H77N9O8S.C6H12N2O/c1-6-12-44(7-2)40-60-55(68)54(46-14-11-13-43(4)39-46)66(50-20-21-50)53(67)26-17-45-15-22-51(23-16-45)73-31-10-9-29-65(5)30-34-72-36-35-70-32-27-49(64-58)41-59-28-33-71-37-38-74-52-24-18-48(19-25-52)61-56(69)63-57-62-47(8-3)42-75-57;1-7-2-4-8(6-9)5-3-7/h6-7,11-16,18-19,22-25,39,41-42,50,54H,1-2,8-10,17,20-21,26-38,40,58H2,3-5H3,(H,60,68)(H2,61,62,63,69);6H,2-5H2,1H3/b44-12+,59-41?,64-49-;. The normalized spacial score (nSPS) is 14.1. The smallest absolute Gasteiger partial charge is 0.325 e. The second kappa shape index (κ2) is 39.3. The number of thiazole rings is 1. The third-order valence-electron chi connectivity index (χ3n) is 13.6. The number of aliphatic imine (C=N–C) groups is 1. The molecule has 2 aliphatic rings. The molecule has 1 saturated heterocycles. The van der Waals surface area contributed by atoms with E-state index in [0.29, 0.717) is 107 Å². The Morgan fingerprint density at radius 2 is 1.56 bits per heavy atom. The number of hydrazone groups is 1. The summed E-state index contributed by atoms with van der Waals surface area (Å²) >= 11 is 1.39. The van der Waals surface area contributed by atoms with Gasteiger partial charge in [-0.15, -0.1) is 11.3 Å². The number of unbranched alkanes of at least 4 members (excludes halogenated alkanes) is 1. The molecule has 84 heavy (non-hydrogen) atoms. The lowest BCUT2D eigenvalue weighted by Gasteiger charge is -2.32. The lowest BCUT2D eigenvalue weighted by molar-refractivity contribution is -0.141. The van der Waals surface area contributed by atoms with Gasteiger partial charge in [-0.25, -0.2) is 9.78 Å². The van der Waals surface area contributed by atoms with E-state index in [9.17, 15) is 19.2 Å². The molecule has 1 aromatic heterocycles. The largest absolute Gasteiger partial charge is 0.494 e. The Morgan fingerprint density at radius 3 is 2.23 bits per heavy atom. The van der Waals surface area contributed by atoms with Gasteiger partial charge in [0.25, 0.3) is 0 Å². The number of piperazine rings is 1. The molecule has 6 rings (SSSR count). The van der Waals surface area contributed by atoms with E-state index in [4.69, 9.17) is 29.5 Å². The Hall–Kier alpha value is -7.27. The highest BCUT2D eigenvalue weighted by Crippen LogP contribution is 2.36. The minimum absolute atomic E-state index is 0.0317. The van der Waals surface area contributed by atoms with Crippen molar-refractivity contribution < 1.29 is 42.9 Å². The van der Waals surface area contributed by atoms with Crippen LogP contribution in [-0.2, 0) is 41.4 Å². The first kappa shape index (κ1) is 67.5. The zero-order valence-electron chi connectivity index (χ0n) is 49.7. The molecule has 456 valence electrons. The van der Waals surface area contributed by atoms with Gasteiger partial charge in [0.1, 0.15) is 24.1 Å². The number of nitrogens with one attached hydrogen (secondary N) is 3. The maximum absolute atomic E-state index is 13.9. The first-order chi connectivity index (χ1) is 40.9. The van der Waals surface area contributed by atoms with Gasteiger partial charge in [0.2, 0.25) is 18.2 Å². The Labute approximate surface area is 501 Å². The van der Waals surface area contributed by atoms with Gasteiger partial charge in [-0.3, -0.25) is 24.7 Å². The van der Waals surface area contributed by atoms with Crippen molar-refractivity contribution in [3.63, 3.8) is 0 Å². The maximum atomic E-state index is 13.9. The molecule has 3 aromatic carbocycles. The molecular formula is C63H89N11O9S. The van der Waals surface area contributed by atoms with Crippen LogP contribution in [0, 0.1) is 6.92 Å². The molecule has 0 radical (unpaired) electrons. The molecule has 21 heteroatoms. The number of aryl methyl sites for hydroxylation is 3. The topological polar surface area (TPSA) is 227 Å². The van der Waals surface area contributed by atoms with Gasteiger partial charge in [0.05, 0.1) is 64.2 Å². The third-order valence-corrected chi connectivity index (χ3v) is 14.4. The number of likely N-dealkylation sites (N-methyl/N-ethyl adjacent to an activating group) is 2. The molecule has 4 aromatic rings. The molecule has 0 spiro atoms. The Kier molecular flexibility index (Phi) is 31.6. The van der Waals surface area contributed by atoms with E-state index < -0.39 is 6.04 Å². The number of allylic oxidation sites excluding steroid dienone is 2. The summed E-state index contributed by atoms with van der Waals surface area (Å²) in [5.41, 5.74) is 5.94. The molecule has 5 amide bonds. The second-order valence-electron chi connectivity index (χ2n) is 20.4. The highest BCUT2D eigenvalue weighted by atomic mass is 32.1. The number of carbonyl (C=O) groups is 4. The van der Waals surface area contributed by atoms with Gasteiger partial charge in [-0.05, 0) is 119 Å². The summed E-state index contributed by atoms with van der Waals surface area (Å²) in [4.78, 5) is 66.9. The molecule has 20 nitrogen and oxygen atoms in total. The molecule has 2 heterocycles. The van der Waals surface area contributed by atoms with Crippen LogP contribution in [0.3, 0.4) is 0 Å². The molecule has 2 fully saturated rings. The number of aromatic nitrogens is 1. The van der Waals surface area contributed by atoms with Crippen LogP contribution in [0.2, 0.25) is 0 Å². The van der Waals surface area contributed by atoms with Crippen molar-refractivity contribution in [2.24, 2.45) is 15.9 Å². The number of urea groups is 1. The molecular weight excluding hydrogens is 1090 g/mol. The van der Waals surface area contributed by atoms with Crippen LogP contribution in [0.15, 0.2) is 125 Å². The van der Waals surface area contributed by atoms with Crippen molar-refractivity contribution in [2.75, 3.05) is 130 Å². The number of nitrogens with two attached hydrogens (primary N) is 1. The molecule has 1 aliphatic carbocycles. The first-order valence-corrected chi connectivity index (χ1v) is 29.9. The Balaban J connectivity index is 0.00000131. The average molecular weight is 1180 g/mol. The quantitative estimate of drug-likeness (QED) is 0.00832. The van der Waals surface area contributed by atoms with Gasteiger partial charge in [0.15, 0.2) is 5.13 Å². The maximum Gasteiger partial charge on any atom is 0.325 e. The van der Waals surface area contributed by atoms with E-state index in [-0.39, 0.29) is 23.9 Å². The highest BCUT2D eigenvalue weighted by molar-refractivity contribution is 7.13. The zero-order chi connectivity index (χ0) is 60.2. The monoisotopic (exact) mass is 1180 g/mol. The lowest BCUT2D eigenvalue weighted by Crippen LogP contribution is -2.45. The average Bonchev–Trinajstić information content (AvgIpc) is 4.42. The predicted molar refractivity (Wildman–Crippen MR) is 336 cm³/mol. The summed E-state index contributed by atoms with van der Waals surface area (Å²) in [5.74, 6) is 6.78. The van der Waals surface area contributed by atoms with Crippen LogP contribution in [0.4, 0.5) is 15.6 Å². The minimum Gasteiger partial charge on any atom is -0.494 e. The summed E-state index contributed by atoms with van der Waals surface area (Å²) in [6, 6.07) is 21.9. The summed E-state index contributed by atoms with van der Waals surface area (Å²) in [6.07, 6.45) is 13.6. The number of rotatable bonds is 38. The second-order valence-corrected chi connectivity index (χ2v) is 21.2. The van der Waals surface area contributed by atoms with Crippen LogP contribution in [0.1, 0.15) is 73.9 Å². The van der Waals surface area contributed by atoms with Crippen molar-refractivity contribution in [3.05, 3.63) is 138 Å². The van der Waals surface area contributed by atoms with Crippen LogP contribution in [0.25, 0.3) is 0 Å². The molecule has 5 N–H and O–H groups in total. The van der Waals surface area contributed by atoms with E-state index in [1.54, 1.807) is 47.5 Å². The fourth-order valence-corrected chi connectivity index (χ4v) is 9.37. The number of anilines is 2. The zero-order valence-corrected chi connectivity index (χ0v) is 50.5. The SMILES string of the molecule is C=C/C=C(\C=C)CNC(=O)C(c1cccc(C)c1)N(C(=O)CCc1ccc(OCCCCN(C)CCOCCOCC/C(C=NCCOCCOc2ccc(NC(=O)Nc3nc(CC)cs3)cc2)=N/N)cc1)C1CC1.CN1CCN(C=O)CC1. The summed E-state index contributed by atoms with van der Waals surface area (Å²) in [5, 5.41) is 14.9. The number of ether oxygens (including phenoxy) is 5. The third kappa shape index (κ3) is 26.5. The fraction of sp³-hybridized carbons (Fsp3) is 0.476. The van der Waals surface area contributed by atoms with Gasteiger partial charge in [-0.1, -0.05) is 80.3 Å². The Morgan fingerprint density at radius 1 is 0.857 bits per heavy atom. The van der Waals surface area contributed by atoms with Crippen molar-refractivity contribution in [1.82, 2.24) is 29.9 Å². The van der Waals surface area contributed by atoms with Crippen LogP contribution >= 0.6 is 11.3 Å². The molecule has 0 bridgehead atoms. The van der Waals surface area contributed by atoms with Gasteiger partial charge >= 0.3 is 6.03 Å². The summed E-state index contributed by atoms with van der Waals surface area (Å²) in [6.45, 7) is 21.7. The number of nitrogens with zero attached hydrogens (tertiary/aromatic N) is 7. The van der Waals surface area contributed by atoms with Crippen molar-refractivity contribution >= 4 is 58.3 Å². The van der Waals surface area contributed by atoms with Gasteiger partial charge < -0.3 is 59.8 Å². The number of amides is 5.